The summed E-state index contributed by atoms with van der Waals surface area (Å²) < 4.78 is 0. The lowest BCUT2D eigenvalue weighted by molar-refractivity contribution is -0.150. The molecule has 0 bridgehead atoms. The summed E-state index contributed by atoms with van der Waals surface area (Å²) in [5, 5.41) is 18.4. The summed E-state index contributed by atoms with van der Waals surface area (Å²) >= 11 is 0. The predicted molar refractivity (Wildman–Crippen MR) is 67.2 cm³/mol. The Morgan fingerprint density at radius 3 is 2.61 bits per heavy atom. The molecule has 0 spiro atoms. The number of aromatic hydroxyl groups is 1. The zero-order chi connectivity index (χ0) is 13.8. The number of hydrogen-bond acceptors (Lipinski definition) is 4. The molecule has 0 aliphatic carbocycles. The van der Waals surface area contributed by atoms with Crippen LogP contribution in [0.15, 0.2) is 24.3 Å². The standard InChI is InChI=1S/C13H19NO4/c1-13(2,3)18-14-11(12(16)17)8-9-5-4-6-10(15)7-9/h4-7,11,14-15H,8H2,1-3H3,(H,16,17)/t11-/m1/s1. The van der Waals surface area contributed by atoms with Gasteiger partial charge in [0.15, 0.2) is 0 Å². The largest absolute Gasteiger partial charge is 0.508 e. The van der Waals surface area contributed by atoms with E-state index >= 15 is 0 Å². The van der Waals surface area contributed by atoms with Gasteiger partial charge < -0.3 is 10.2 Å². The number of phenolic OH excluding ortho intramolecular Hbond substituents is 1. The third-order valence-corrected chi connectivity index (χ3v) is 2.16. The van der Waals surface area contributed by atoms with E-state index in [9.17, 15) is 9.90 Å². The van der Waals surface area contributed by atoms with Gasteiger partial charge in [-0.3, -0.25) is 9.63 Å². The van der Waals surface area contributed by atoms with Crippen LogP contribution in [0.5, 0.6) is 5.75 Å². The van der Waals surface area contributed by atoms with E-state index in [-0.39, 0.29) is 12.2 Å². The van der Waals surface area contributed by atoms with Crippen molar-refractivity contribution in [2.45, 2.75) is 38.8 Å². The molecule has 0 saturated heterocycles. The molecule has 0 fully saturated rings. The lowest BCUT2D eigenvalue weighted by Crippen LogP contribution is -2.42. The second kappa shape index (κ2) is 5.84. The van der Waals surface area contributed by atoms with E-state index < -0.39 is 17.6 Å². The van der Waals surface area contributed by atoms with Crippen molar-refractivity contribution in [2.24, 2.45) is 0 Å². The van der Waals surface area contributed by atoms with Gasteiger partial charge in [-0.2, -0.15) is 5.48 Å². The predicted octanol–water partition coefficient (Wildman–Crippen LogP) is 1.71. The van der Waals surface area contributed by atoms with E-state index in [0.717, 1.165) is 5.56 Å². The van der Waals surface area contributed by atoms with Gasteiger partial charge in [0.2, 0.25) is 0 Å². The van der Waals surface area contributed by atoms with Crippen LogP contribution in [0.4, 0.5) is 0 Å². The number of phenols is 1. The highest BCUT2D eigenvalue weighted by atomic mass is 16.7. The first kappa shape index (κ1) is 14.5. The number of carboxylic acids is 1. The summed E-state index contributed by atoms with van der Waals surface area (Å²) in [5.74, 6) is -0.879. The fourth-order valence-electron chi connectivity index (χ4n) is 1.35. The number of carbonyl (C=O) groups is 1. The van der Waals surface area contributed by atoms with Crippen molar-refractivity contribution < 1.29 is 19.8 Å². The minimum Gasteiger partial charge on any atom is -0.508 e. The van der Waals surface area contributed by atoms with Crippen molar-refractivity contribution in [3.8, 4) is 5.75 Å². The van der Waals surface area contributed by atoms with E-state index in [1.54, 1.807) is 18.2 Å². The molecule has 1 rings (SSSR count). The van der Waals surface area contributed by atoms with Gasteiger partial charge in [-0.25, -0.2) is 0 Å². The minimum absolute atomic E-state index is 0.119. The SMILES string of the molecule is CC(C)(C)ON[C@H](Cc1cccc(O)c1)C(=O)O. The van der Waals surface area contributed by atoms with Crippen LogP contribution in [0.1, 0.15) is 26.3 Å². The average Bonchev–Trinajstić information content (AvgIpc) is 2.22. The zero-order valence-electron chi connectivity index (χ0n) is 10.8. The summed E-state index contributed by atoms with van der Waals surface area (Å²) in [6.07, 6.45) is 0.236. The van der Waals surface area contributed by atoms with Crippen LogP contribution in [0, 0.1) is 0 Å². The Labute approximate surface area is 106 Å². The highest BCUT2D eigenvalue weighted by Crippen LogP contribution is 2.13. The van der Waals surface area contributed by atoms with Crippen LogP contribution in [0.3, 0.4) is 0 Å². The first-order valence-corrected chi connectivity index (χ1v) is 5.72. The molecule has 3 N–H and O–H groups in total. The maximum absolute atomic E-state index is 11.1. The molecule has 0 aromatic heterocycles. The second-order valence-electron chi connectivity index (χ2n) is 5.10. The fourth-order valence-corrected chi connectivity index (χ4v) is 1.35. The summed E-state index contributed by atoms with van der Waals surface area (Å²) in [6.45, 7) is 5.48. The normalized spacial score (nSPS) is 13.3. The second-order valence-corrected chi connectivity index (χ2v) is 5.10. The zero-order valence-corrected chi connectivity index (χ0v) is 10.8. The third-order valence-electron chi connectivity index (χ3n) is 2.16. The molecule has 0 amide bonds. The van der Waals surface area contributed by atoms with Crippen molar-refractivity contribution >= 4 is 5.97 Å². The van der Waals surface area contributed by atoms with Crippen LogP contribution in [0.2, 0.25) is 0 Å². The Kier molecular flexibility index (Phi) is 4.69. The molecule has 1 aromatic rings. The molecule has 18 heavy (non-hydrogen) atoms. The van der Waals surface area contributed by atoms with Crippen molar-refractivity contribution in [3.05, 3.63) is 29.8 Å². The molecule has 1 aromatic carbocycles. The minimum atomic E-state index is -0.998. The first-order valence-electron chi connectivity index (χ1n) is 5.72. The van der Waals surface area contributed by atoms with Crippen molar-refractivity contribution in [2.75, 3.05) is 0 Å². The number of rotatable bonds is 5. The van der Waals surface area contributed by atoms with Gasteiger partial charge in [0, 0.05) is 6.42 Å². The summed E-state index contributed by atoms with van der Waals surface area (Å²) in [5.41, 5.74) is 2.81. The molecule has 0 radical (unpaired) electrons. The van der Waals surface area contributed by atoms with E-state index in [0.29, 0.717) is 0 Å². The van der Waals surface area contributed by atoms with Gasteiger partial charge >= 0.3 is 5.97 Å². The maximum Gasteiger partial charge on any atom is 0.323 e. The molecule has 0 heterocycles. The lowest BCUT2D eigenvalue weighted by Gasteiger charge is -2.23. The molecule has 0 saturated carbocycles. The topological polar surface area (TPSA) is 78.8 Å². The van der Waals surface area contributed by atoms with E-state index in [1.807, 2.05) is 20.8 Å². The number of benzene rings is 1. The Hall–Kier alpha value is -1.59. The lowest BCUT2D eigenvalue weighted by atomic mass is 10.1. The molecular weight excluding hydrogens is 234 g/mol. The molecule has 0 aliphatic heterocycles. The maximum atomic E-state index is 11.1. The summed E-state index contributed by atoms with van der Waals surface area (Å²) in [7, 11) is 0. The van der Waals surface area contributed by atoms with Gasteiger partial charge in [-0.1, -0.05) is 12.1 Å². The fraction of sp³-hybridized carbons (Fsp3) is 0.462. The first-order chi connectivity index (χ1) is 8.28. The quantitative estimate of drug-likeness (QED) is 0.696. The Bertz CT molecular complexity index is 412. The highest BCUT2D eigenvalue weighted by molar-refractivity contribution is 5.73. The van der Waals surface area contributed by atoms with E-state index in [1.165, 1.54) is 6.07 Å². The highest BCUT2D eigenvalue weighted by Gasteiger charge is 2.21. The third kappa shape index (κ3) is 5.16. The monoisotopic (exact) mass is 253 g/mol. The van der Waals surface area contributed by atoms with Crippen LogP contribution in [-0.4, -0.2) is 27.8 Å². The number of aliphatic carboxylic acids is 1. The van der Waals surface area contributed by atoms with Gasteiger partial charge in [0.1, 0.15) is 11.8 Å². The number of hydrogen-bond donors (Lipinski definition) is 3. The van der Waals surface area contributed by atoms with Crippen LogP contribution in [0.25, 0.3) is 0 Å². The Morgan fingerprint density at radius 1 is 1.44 bits per heavy atom. The van der Waals surface area contributed by atoms with Gasteiger partial charge in [-0.05, 0) is 38.5 Å². The Balaban J connectivity index is 2.66. The smallest absolute Gasteiger partial charge is 0.323 e. The van der Waals surface area contributed by atoms with Crippen LogP contribution < -0.4 is 5.48 Å². The molecule has 5 heteroatoms. The number of carboxylic acid groups (broad SMARTS) is 1. The van der Waals surface area contributed by atoms with E-state index in [4.69, 9.17) is 9.94 Å². The molecule has 100 valence electrons. The molecule has 0 aliphatic rings. The summed E-state index contributed by atoms with van der Waals surface area (Å²) in [6, 6.07) is 5.65. The summed E-state index contributed by atoms with van der Waals surface area (Å²) in [4.78, 5) is 16.4. The van der Waals surface area contributed by atoms with Gasteiger partial charge in [-0.15, -0.1) is 0 Å². The van der Waals surface area contributed by atoms with Crippen molar-refractivity contribution in [1.29, 1.82) is 0 Å². The van der Waals surface area contributed by atoms with Crippen LogP contribution >= 0.6 is 0 Å². The van der Waals surface area contributed by atoms with Gasteiger partial charge in [0.05, 0.1) is 5.60 Å². The molecule has 1 atom stereocenters. The number of hydroxylamine groups is 1. The molecule has 0 unspecified atom stereocenters. The van der Waals surface area contributed by atoms with Gasteiger partial charge in [0.25, 0.3) is 0 Å². The number of nitrogens with one attached hydrogen (secondary N) is 1. The van der Waals surface area contributed by atoms with Crippen molar-refractivity contribution in [1.82, 2.24) is 5.48 Å². The Morgan fingerprint density at radius 2 is 2.11 bits per heavy atom. The van der Waals surface area contributed by atoms with Crippen molar-refractivity contribution in [3.63, 3.8) is 0 Å². The average molecular weight is 253 g/mol. The molecular formula is C13H19NO4. The van der Waals surface area contributed by atoms with Crippen LogP contribution in [-0.2, 0) is 16.1 Å². The molecule has 5 nitrogen and oxygen atoms in total. The van der Waals surface area contributed by atoms with E-state index in [2.05, 4.69) is 5.48 Å².